The Morgan fingerprint density at radius 1 is 1.19 bits per heavy atom. The molecule has 0 spiro atoms. The van der Waals surface area contributed by atoms with E-state index >= 15 is 0 Å². The van der Waals surface area contributed by atoms with Gasteiger partial charge in [0.2, 0.25) is 0 Å². The van der Waals surface area contributed by atoms with Gasteiger partial charge in [-0.3, -0.25) is 0 Å². The second-order valence-electron chi connectivity index (χ2n) is 3.57. The van der Waals surface area contributed by atoms with Crippen molar-refractivity contribution in [2.45, 2.75) is 13.3 Å². The third kappa shape index (κ3) is 2.07. The predicted octanol–water partition coefficient (Wildman–Crippen LogP) is 4.24. The van der Waals surface area contributed by atoms with Gasteiger partial charge in [0.25, 0.3) is 6.43 Å². The highest BCUT2D eigenvalue weighted by Crippen LogP contribution is 2.34. The molecule has 16 heavy (non-hydrogen) atoms. The van der Waals surface area contributed by atoms with Crippen molar-refractivity contribution in [3.05, 3.63) is 40.8 Å². The number of rotatable bonds is 2. The maximum atomic E-state index is 12.4. The molecular formula is C12H11F2NS. The number of hydrogen-bond acceptors (Lipinski definition) is 2. The van der Waals surface area contributed by atoms with E-state index in [0.717, 1.165) is 27.3 Å². The minimum atomic E-state index is -2.40. The maximum absolute atomic E-state index is 12.4. The minimum Gasteiger partial charge on any atom is -0.398 e. The summed E-state index contributed by atoms with van der Waals surface area (Å²) in [6.07, 6.45) is -2.40. The molecule has 0 amide bonds. The van der Waals surface area contributed by atoms with Gasteiger partial charge in [0.1, 0.15) is 0 Å². The Kier molecular flexibility index (Phi) is 2.92. The van der Waals surface area contributed by atoms with Gasteiger partial charge in [0, 0.05) is 10.6 Å². The van der Waals surface area contributed by atoms with Crippen molar-refractivity contribution < 1.29 is 8.78 Å². The number of benzene rings is 1. The summed E-state index contributed by atoms with van der Waals surface area (Å²) in [6, 6.07) is 8.77. The zero-order chi connectivity index (χ0) is 11.7. The summed E-state index contributed by atoms with van der Waals surface area (Å²) < 4.78 is 24.9. The van der Waals surface area contributed by atoms with E-state index in [9.17, 15) is 8.78 Å². The Morgan fingerprint density at radius 2 is 1.94 bits per heavy atom. The lowest BCUT2D eigenvalue weighted by Gasteiger charge is -2.02. The molecule has 4 heteroatoms. The molecule has 0 saturated carbocycles. The molecule has 0 fully saturated rings. The van der Waals surface area contributed by atoms with Gasteiger partial charge in [-0.05, 0) is 36.2 Å². The monoisotopic (exact) mass is 239 g/mol. The van der Waals surface area contributed by atoms with Crippen LogP contribution in [-0.2, 0) is 0 Å². The largest absolute Gasteiger partial charge is 0.398 e. The molecule has 2 aromatic rings. The van der Waals surface area contributed by atoms with E-state index in [4.69, 9.17) is 5.73 Å². The van der Waals surface area contributed by atoms with Gasteiger partial charge in [-0.2, -0.15) is 0 Å². The molecule has 0 unspecified atom stereocenters. The first-order chi connectivity index (χ1) is 7.58. The highest BCUT2D eigenvalue weighted by Gasteiger charge is 2.11. The number of alkyl halides is 2. The number of thiophene rings is 1. The quantitative estimate of drug-likeness (QED) is 0.779. The zero-order valence-corrected chi connectivity index (χ0v) is 9.52. The van der Waals surface area contributed by atoms with Crippen LogP contribution >= 0.6 is 11.3 Å². The van der Waals surface area contributed by atoms with E-state index in [1.54, 1.807) is 6.07 Å². The summed E-state index contributed by atoms with van der Waals surface area (Å²) in [7, 11) is 0. The Labute approximate surface area is 96.5 Å². The molecule has 84 valence electrons. The van der Waals surface area contributed by atoms with Crippen LogP contribution in [0.3, 0.4) is 0 Å². The summed E-state index contributed by atoms with van der Waals surface area (Å²) in [5.41, 5.74) is 8.35. The highest BCUT2D eigenvalue weighted by atomic mass is 32.1. The van der Waals surface area contributed by atoms with Crippen LogP contribution < -0.4 is 5.73 Å². The van der Waals surface area contributed by atoms with E-state index in [-0.39, 0.29) is 4.88 Å². The van der Waals surface area contributed by atoms with Gasteiger partial charge in [0.15, 0.2) is 0 Å². The molecule has 2 rings (SSSR count). The van der Waals surface area contributed by atoms with Crippen molar-refractivity contribution in [1.82, 2.24) is 0 Å². The van der Waals surface area contributed by atoms with Gasteiger partial charge in [-0.25, -0.2) is 8.78 Å². The first kappa shape index (κ1) is 11.1. The lowest BCUT2D eigenvalue weighted by molar-refractivity contribution is 0.155. The van der Waals surface area contributed by atoms with Crippen molar-refractivity contribution in [3.8, 4) is 10.4 Å². The summed E-state index contributed by atoms with van der Waals surface area (Å²) >= 11 is 1.10. The van der Waals surface area contributed by atoms with Crippen molar-refractivity contribution in [2.24, 2.45) is 0 Å². The number of nitrogen functional groups attached to an aromatic ring is 1. The summed E-state index contributed by atoms with van der Waals surface area (Å²) in [5.74, 6) is 0. The lowest BCUT2D eigenvalue weighted by atomic mass is 10.1. The van der Waals surface area contributed by atoms with Crippen molar-refractivity contribution in [3.63, 3.8) is 0 Å². The average Bonchev–Trinajstić information content (AvgIpc) is 2.71. The topological polar surface area (TPSA) is 26.0 Å². The standard InChI is InChI=1S/C12H11F2NS/c1-7-2-3-8(6-9(7)15)10-4-5-11(16-10)12(13)14/h2-6,12H,15H2,1H3. The van der Waals surface area contributed by atoms with Crippen LogP contribution in [0.4, 0.5) is 14.5 Å². The second kappa shape index (κ2) is 4.22. The average molecular weight is 239 g/mol. The van der Waals surface area contributed by atoms with Gasteiger partial charge < -0.3 is 5.73 Å². The van der Waals surface area contributed by atoms with Crippen molar-refractivity contribution >= 4 is 17.0 Å². The molecule has 0 bridgehead atoms. The second-order valence-corrected chi connectivity index (χ2v) is 4.69. The van der Waals surface area contributed by atoms with Crippen LogP contribution in [0.25, 0.3) is 10.4 Å². The van der Waals surface area contributed by atoms with Crippen LogP contribution in [0.5, 0.6) is 0 Å². The number of anilines is 1. The number of nitrogens with two attached hydrogens (primary N) is 1. The van der Waals surface area contributed by atoms with Gasteiger partial charge >= 0.3 is 0 Å². The predicted molar refractivity (Wildman–Crippen MR) is 63.9 cm³/mol. The van der Waals surface area contributed by atoms with Crippen LogP contribution in [0.15, 0.2) is 30.3 Å². The molecule has 0 radical (unpaired) electrons. The fraction of sp³-hybridized carbons (Fsp3) is 0.167. The lowest BCUT2D eigenvalue weighted by Crippen LogP contribution is -1.88. The molecular weight excluding hydrogens is 228 g/mol. The smallest absolute Gasteiger partial charge is 0.272 e. The first-order valence-electron chi connectivity index (χ1n) is 4.82. The summed E-state index contributed by atoms with van der Waals surface area (Å²) in [5, 5.41) is 0. The number of halogens is 2. The molecule has 1 heterocycles. The number of hydrogen-bond donors (Lipinski definition) is 1. The normalized spacial score (nSPS) is 11.0. The van der Waals surface area contributed by atoms with Crippen LogP contribution in [-0.4, -0.2) is 0 Å². The van der Waals surface area contributed by atoms with Crippen LogP contribution in [0.1, 0.15) is 16.9 Å². The molecule has 0 aliphatic heterocycles. The Balaban J connectivity index is 2.39. The first-order valence-corrected chi connectivity index (χ1v) is 5.64. The van der Waals surface area contributed by atoms with Crippen molar-refractivity contribution in [2.75, 3.05) is 5.73 Å². The fourth-order valence-corrected chi connectivity index (χ4v) is 2.28. The van der Waals surface area contributed by atoms with Crippen LogP contribution in [0.2, 0.25) is 0 Å². The third-order valence-electron chi connectivity index (χ3n) is 2.41. The van der Waals surface area contributed by atoms with Crippen LogP contribution in [0, 0.1) is 6.92 Å². The maximum Gasteiger partial charge on any atom is 0.272 e. The SMILES string of the molecule is Cc1ccc(-c2ccc(C(F)F)s2)cc1N. The number of aryl methyl sites for hydroxylation is 1. The molecule has 1 aromatic heterocycles. The molecule has 1 nitrogen and oxygen atoms in total. The third-order valence-corrected chi connectivity index (χ3v) is 3.55. The Morgan fingerprint density at radius 3 is 2.50 bits per heavy atom. The molecule has 0 saturated heterocycles. The highest BCUT2D eigenvalue weighted by molar-refractivity contribution is 7.15. The molecule has 1 aromatic carbocycles. The summed E-state index contributed by atoms with van der Waals surface area (Å²) in [6.45, 7) is 1.91. The van der Waals surface area contributed by atoms with Gasteiger partial charge in [-0.1, -0.05) is 12.1 Å². The van der Waals surface area contributed by atoms with E-state index in [2.05, 4.69) is 0 Å². The van der Waals surface area contributed by atoms with E-state index in [1.165, 1.54) is 6.07 Å². The van der Waals surface area contributed by atoms with Crippen molar-refractivity contribution in [1.29, 1.82) is 0 Å². The van der Waals surface area contributed by atoms with Gasteiger partial charge in [0.05, 0.1) is 4.88 Å². The fourth-order valence-electron chi connectivity index (χ4n) is 1.42. The Bertz CT molecular complexity index is 505. The Hall–Kier alpha value is -1.42. The van der Waals surface area contributed by atoms with E-state index in [1.807, 2.05) is 25.1 Å². The van der Waals surface area contributed by atoms with E-state index < -0.39 is 6.43 Å². The molecule has 0 atom stereocenters. The molecule has 0 aliphatic rings. The molecule has 0 aliphatic carbocycles. The van der Waals surface area contributed by atoms with Gasteiger partial charge in [-0.15, -0.1) is 11.3 Å². The summed E-state index contributed by atoms with van der Waals surface area (Å²) in [4.78, 5) is 0.913. The van der Waals surface area contributed by atoms with E-state index in [0.29, 0.717) is 5.69 Å². The zero-order valence-electron chi connectivity index (χ0n) is 8.71. The molecule has 2 N–H and O–H groups in total. The minimum absolute atomic E-state index is 0.0918.